The second kappa shape index (κ2) is 6.70. The lowest BCUT2D eigenvalue weighted by Crippen LogP contribution is -2.33. The Morgan fingerprint density at radius 2 is 1.91 bits per heavy atom. The number of aromatic nitrogens is 2. The summed E-state index contributed by atoms with van der Waals surface area (Å²) in [4.78, 5) is 50.1. The summed E-state index contributed by atoms with van der Waals surface area (Å²) >= 11 is 0. The molecule has 0 fully saturated rings. The van der Waals surface area contributed by atoms with Crippen LogP contribution >= 0.6 is 0 Å². The molecule has 0 amide bonds. The number of nitrogens with one attached hydrogen (secondary N) is 1. The van der Waals surface area contributed by atoms with Gasteiger partial charge < -0.3 is 15.3 Å². The lowest BCUT2D eigenvalue weighted by atomic mass is 10.2. The predicted molar refractivity (Wildman–Crippen MR) is 74.6 cm³/mol. The van der Waals surface area contributed by atoms with Crippen molar-refractivity contribution in [3.8, 4) is 5.88 Å². The Balaban J connectivity index is 3.33. The zero-order valence-electron chi connectivity index (χ0n) is 11.8. The number of carboxylic acids is 2. The van der Waals surface area contributed by atoms with E-state index in [1.54, 1.807) is 13.8 Å². The highest BCUT2D eigenvalue weighted by Gasteiger charge is 2.20. The third kappa shape index (κ3) is 3.81. The molecule has 0 aliphatic carbocycles. The van der Waals surface area contributed by atoms with E-state index in [1.165, 1.54) is 0 Å². The molecule has 0 aliphatic heterocycles. The van der Waals surface area contributed by atoms with E-state index in [-0.39, 0.29) is 0 Å². The van der Waals surface area contributed by atoms with Gasteiger partial charge in [-0.05, 0) is 13.8 Å². The van der Waals surface area contributed by atoms with Crippen molar-refractivity contribution in [3.63, 3.8) is 0 Å². The van der Waals surface area contributed by atoms with Crippen LogP contribution in [0, 0.1) is 0 Å². The first-order valence-electron chi connectivity index (χ1n) is 6.20. The van der Waals surface area contributed by atoms with Crippen LogP contribution in [0.5, 0.6) is 5.88 Å². The van der Waals surface area contributed by atoms with Crippen molar-refractivity contribution in [2.75, 3.05) is 0 Å². The molecule has 1 atom stereocenters. The molecule has 1 rings (SSSR count). The van der Waals surface area contributed by atoms with Crippen molar-refractivity contribution in [1.29, 1.82) is 0 Å². The van der Waals surface area contributed by atoms with E-state index in [9.17, 15) is 24.3 Å². The van der Waals surface area contributed by atoms with Gasteiger partial charge in [0.05, 0.1) is 6.42 Å². The van der Waals surface area contributed by atoms with Crippen molar-refractivity contribution < 1.29 is 24.9 Å². The van der Waals surface area contributed by atoms with Gasteiger partial charge in [0.1, 0.15) is 5.56 Å². The number of H-pyrrole nitrogens is 1. The van der Waals surface area contributed by atoms with Gasteiger partial charge in [-0.25, -0.2) is 9.59 Å². The second-order valence-electron chi connectivity index (χ2n) is 4.69. The van der Waals surface area contributed by atoms with E-state index in [0.717, 1.165) is 10.8 Å². The molecule has 0 spiro atoms. The van der Waals surface area contributed by atoms with Gasteiger partial charge in [-0.15, -0.1) is 0 Å². The lowest BCUT2D eigenvalue weighted by Gasteiger charge is -2.12. The maximum atomic E-state index is 11.7. The average Bonchev–Trinajstić information content (AvgIpc) is 2.35. The van der Waals surface area contributed by atoms with Gasteiger partial charge in [0, 0.05) is 12.3 Å². The summed E-state index contributed by atoms with van der Waals surface area (Å²) in [6, 6.07) is -2.08. The van der Waals surface area contributed by atoms with Gasteiger partial charge in [-0.1, -0.05) is 0 Å². The van der Waals surface area contributed by atoms with Crippen LogP contribution in [-0.2, 0) is 9.59 Å². The van der Waals surface area contributed by atoms with Gasteiger partial charge in [0.25, 0.3) is 5.56 Å². The largest absolute Gasteiger partial charge is 0.494 e. The number of aliphatic imine (C=N–C) groups is 1. The molecule has 1 heterocycles. The highest BCUT2D eigenvalue weighted by Crippen LogP contribution is 2.13. The van der Waals surface area contributed by atoms with Crippen LogP contribution in [0.1, 0.15) is 31.9 Å². The molecule has 10 heteroatoms. The fraction of sp³-hybridized carbons (Fsp3) is 0.417. The quantitative estimate of drug-likeness (QED) is 0.498. The number of rotatable bonds is 6. The third-order valence-electron chi connectivity index (χ3n) is 2.71. The lowest BCUT2D eigenvalue weighted by molar-refractivity contribution is -0.144. The molecule has 0 aromatic carbocycles. The normalized spacial score (nSPS) is 12.7. The molecule has 10 nitrogen and oxygen atoms in total. The van der Waals surface area contributed by atoms with E-state index in [2.05, 4.69) is 4.99 Å². The maximum Gasteiger partial charge on any atom is 0.331 e. The number of nitrogens with zero attached hydrogens (tertiary/aromatic N) is 2. The highest BCUT2D eigenvalue weighted by atomic mass is 16.4. The van der Waals surface area contributed by atoms with Crippen LogP contribution in [0.25, 0.3) is 0 Å². The van der Waals surface area contributed by atoms with Crippen molar-refractivity contribution in [3.05, 3.63) is 26.4 Å². The Morgan fingerprint density at radius 1 is 1.32 bits per heavy atom. The van der Waals surface area contributed by atoms with Gasteiger partial charge in [-0.3, -0.25) is 24.1 Å². The number of hydrogen-bond donors (Lipinski definition) is 4. The van der Waals surface area contributed by atoms with Crippen LogP contribution in [0.2, 0.25) is 0 Å². The predicted octanol–water partition coefficient (Wildman–Crippen LogP) is -0.830. The molecule has 1 aromatic rings. The van der Waals surface area contributed by atoms with E-state index in [4.69, 9.17) is 10.2 Å². The average molecular weight is 313 g/mol. The molecule has 1 aromatic heterocycles. The van der Waals surface area contributed by atoms with Crippen molar-refractivity contribution in [2.45, 2.75) is 32.4 Å². The van der Waals surface area contributed by atoms with Crippen LogP contribution in [-0.4, -0.2) is 49.1 Å². The van der Waals surface area contributed by atoms with E-state index < -0.39 is 53.1 Å². The topological polar surface area (TPSA) is 162 Å². The minimum atomic E-state index is -1.62. The van der Waals surface area contributed by atoms with Crippen LogP contribution in [0.15, 0.2) is 14.6 Å². The first kappa shape index (κ1) is 17.1. The number of hydrogen-bond acceptors (Lipinski definition) is 6. The molecule has 120 valence electrons. The fourth-order valence-corrected chi connectivity index (χ4v) is 1.68. The first-order chi connectivity index (χ1) is 10.1. The Labute approximate surface area is 123 Å². The maximum absolute atomic E-state index is 11.7. The summed E-state index contributed by atoms with van der Waals surface area (Å²) in [5, 5.41) is 27.4. The SMILES string of the molecule is CC(C)n1c(O)c(C=NC(CC(=O)O)C(=O)O)c(=O)[nH]c1=O. The van der Waals surface area contributed by atoms with Crippen LogP contribution in [0.4, 0.5) is 0 Å². The number of carboxylic acid groups (broad SMARTS) is 2. The zero-order valence-corrected chi connectivity index (χ0v) is 11.8. The minimum absolute atomic E-state index is 0.426. The molecular weight excluding hydrogens is 298 g/mol. The second-order valence-corrected chi connectivity index (χ2v) is 4.69. The molecule has 0 radical (unpaired) electrons. The van der Waals surface area contributed by atoms with E-state index >= 15 is 0 Å². The van der Waals surface area contributed by atoms with E-state index in [0.29, 0.717) is 0 Å². The summed E-state index contributed by atoms with van der Waals surface area (Å²) in [5.41, 5.74) is -2.21. The molecule has 0 aliphatic rings. The van der Waals surface area contributed by atoms with Crippen molar-refractivity contribution in [1.82, 2.24) is 9.55 Å². The summed E-state index contributed by atoms with van der Waals surface area (Å²) in [6.45, 7) is 3.18. The zero-order chi connectivity index (χ0) is 17.0. The van der Waals surface area contributed by atoms with Crippen molar-refractivity contribution >= 4 is 18.2 Å². The highest BCUT2D eigenvalue weighted by molar-refractivity contribution is 5.87. The Bertz CT molecular complexity index is 729. The Hall–Kier alpha value is -2.91. The first-order valence-corrected chi connectivity index (χ1v) is 6.20. The summed E-state index contributed by atoms with van der Waals surface area (Å²) < 4.78 is 0.885. The smallest absolute Gasteiger partial charge is 0.331 e. The molecular formula is C12H15N3O7. The van der Waals surface area contributed by atoms with Crippen LogP contribution < -0.4 is 11.2 Å². The molecule has 4 N–H and O–H groups in total. The van der Waals surface area contributed by atoms with Gasteiger partial charge in [0.2, 0.25) is 5.88 Å². The number of carbonyl (C=O) groups is 2. The molecule has 0 saturated heterocycles. The molecule has 0 bridgehead atoms. The standard InChI is InChI=1S/C12H15N3O7/c1-5(2)15-10(19)6(9(18)14-12(15)22)4-13-7(11(20)21)3-8(16)17/h4-5,7,19H,3H2,1-2H3,(H,16,17)(H,20,21)(H,14,18,22). The Morgan fingerprint density at radius 3 is 2.36 bits per heavy atom. The van der Waals surface area contributed by atoms with Crippen molar-refractivity contribution in [2.24, 2.45) is 4.99 Å². The third-order valence-corrected chi connectivity index (χ3v) is 2.71. The van der Waals surface area contributed by atoms with E-state index in [1.807, 2.05) is 4.98 Å². The number of aromatic amines is 1. The summed E-state index contributed by atoms with van der Waals surface area (Å²) in [6.07, 6.45) is -0.0392. The number of aromatic hydroxyl groups is 1. The fourth-order valence-electron chi connectivity index (χ4n) is 1.68. The Kier molecular flexibility index (Phi) is 5.22. The number of aliphatic carboxylic acids is 2. The summed E-state index contributed by atoms with van der Waals surface area (Å²) in [5.74, 6) is -3.55. The van der Waals surface area contributed by atoms with Crippen LogP contribution in [0.3, 0.4) is 0 Å². The molecule has 0 saturated carbocycles. The summed E-state index contributed by atoms with van der Waals surface area (Å²) in [7, 11) is 0. The van der Waals surface area contributed by atoms with Gasteiger partial charge in [-0.2, -0.15) is 0 Å². The monoisotopic (exact) mass is 313 g/mol. The molecule has 22 heavy (non-hydrogen) atoms. The van der Waals surface area contributed by atoms with Gasteiger partial charge >= 0.3 is 17.6 Å². The minimum Gasteiger partial charge on any atom is -0.494 e. The van der Waals surface area contributed by atoms with Gasteiger partial charge in [0.15, 0.2) is 6.04 Å². The molecule has 1 unspecified atom stereocenters.